The topological polar surface area (TPSA) is 165 Å². The zero-order valence-electron chi connectivity index (χ0n) is 17.6. The molecule has 0 saturated carbocycles. The molecule has 7 unspecified atom stereocenters. The van der Waals surface area contributed by atoms with E-state index in [1.165, 1.54) is 6.07 Å². The second kappa shape index (κ2) is 9.95. The van der Waals surface area contributed by atoms with Crippen molar-refractivity contribution < 1.29 is 66.6 Å². The molecule has 7 atom stereocenters. The Balaban J connectivity index is 1.67. The molecule has 1 N–H and O–H groups in total. The van der Waals surface area contributed by atoms with Gasteiger partial charge in [-0.25, -0.2) is 8.42 Å². The maximum Gasteiger partial charge on any atom is 0.432 e. The Hall–Kier alpha value is -0.220. The van der Waals surface area contributed by atoms with Gasteiger partial charge in [0, 0.05) is 10.7 Å². The summed E-state index contributed by atoms with van der Waals surface area (Å²) in [6.07, 6.45) is -15.6. The lowest BCUT2D eigenvalue weighted by atomic mass is 9.83. The molecule has 38 heavy (non-hydrogen) atoms. The third-order valence-corrected chi connectivity index (χ3v) is 12.2. The molecule has 1 aromatic rings. The summed E-state index contributed by atoms with van der Waals surface area (Å²) in [5.41, 5.74) is 0.124. The minimum atomic E-state index is -6.98. The molecule has 0 aliphatic carbocycles. The number of halogens is 8. The van der Waals surface area contributed by atoms with Crippen molar-refractivity contribution in [2.75, 3.05) is 0 Å². The van der Waals surface area contributed by atoms with Crippen molar-refractivity contribution in [1.82, 2.24) is 5.32 Å². The average molecular weight is 928 g/mol. The highest BCUT2D eigenvalue weighted by molar-refractivity contribution is 14.1. The first-order chi connectivity index (χ1) is 17.2. The summed E-state index contributed by atoms with van der Waals surface area (Å²) in [7, 11) is -11.7. The van der Waals surface area contributed by atoms with Crippen molar-refractivity contribution >= 4 is 99.9 Å². The largest absolute Gasteiger partial charge is 0.743 e. The molecule has 3 heterocycles. The van der Waals surface area contributed by atoms with Crippen molar-refractivity contribution in [2.45, 2.75) is 47.1 Å². The Morgan fingerprint density at radius 2 is 1.68 bits per heavy atom. The summed E-state index contributed by atoms with van der Waals surface area (Å²) in [6.45, 7) is 0. The van der Waals surface area contributed by atoms with Gasteiger partial charge in [-0.3, -0.25) is 13.8 Å². The standard InChI is InChI=1S/C17H11F5I3NO10S2/c18-16(19,20)15(17(21,22)38(31,32)33)35-14(28)6-9-8(10-11(34-9)12(6)37(29,30)36-10)26-13(27)4-1-3(23)2-5(24)7(4)25/h1-2,6,8-12,15H,(H,26,27)(H,31,32,33)/p-1. The highest BCUT2D eigenvalue weighted by atomic mass is 127. The van der Waals surface area contributed by atoms with Gasteiger partial charge in [0.2, 0.25) is 0 Å². The number of fused-ring (bicyclic) bond motifs is 1. The Bertz CT molecular complexity index is 1420. The van der Waals surface area contributed by atoms with Crippen LogP contribution < -0.4 is 5.32 Å². The summed E-state index contributed by atoms with van der Waals surface area (Å²) in [6, 6.07) is 1.77. The summed E-state index contributed by atoms with van der Waals surface area (Å²) in [4.78, 5) is 25.7. The molecular formula is C17H10F5I3NO10S2-. The highest BCUT2D eigenvalue weighted by Gasteiger charge is 2.74. The van der Waals surface area contributed by atoms with Crippen LogP contribution in [0.3, 0.4) is 0 Å². The van der Waals surface area contributed by atoms with E-state index in [1.807, 2.05) is 67.8 Å². The van der Waals surface area contributed by atoms with Crippen LogP contribution in [0.15, 0.2) is 12.1 Å². The Morgan fingerprint density at radius 1 is 1.08 bits per heavy atom. The summed E-state index contributed by atoms with van der Waals surface area (Å²) in [5, 5.41) is -5.72. The van der Waals surface area contributed by atoms with E-state index in [1.54, 1.807) is 6.07 Å². The van der Waals surface area contributed by atoms with Crippen LogP contribution in [-0.4, -0.2) is 80.4 Å². The van der Waals surface area contributed by atoms with E-state index in [4.69, 9.17) is 8.92 Å². The predicted molar refractivity (Wildman–Crippen MR) is 136 cm³/mol. The van der Waals surface area contributed by atoms with Gasteiger partial charge in [0.15, 0.2) is 10.1 Å². The number of nitrogens with one attached hydrogen (secondary N) is 1. The number of hydrogen-bond acceptors (Lipinski definition) is 10. The quantitative estimate of drug-likeness (QED) is 0.111. The number of rotatable bonds is 6. The number of carbonyl (C=O) groups excluding carboxylic acids is 2. The molecular weight excluding hydrogens is 918 g/mol. The molecule has 3 fully saturated rings. The van der Waals surface area contributed by atoms with Crippen LogP contribution in [0.25, 0.3) is 0 Å². The van der Waals surface area contributed by atoms with E-state index >= 15 is 0 Å². The SMILES string of the molecule is O=C(NC1C2OS(=O)(=O)C3C2OC1C3C(=O)OC(C(F)(F)F)C(F)(F)S(=O)(=O)[O-])c1cc(I)cc(I)c1I. The zero-order chi connectivity index (χ0) is 28.7. The first-order valence-electron chi connectivity index (χ1n) is 9.82. The third kappa shape index (κ3) is 5.14. The fraction of sp³-hybridized carbons (Fsp3) is 0.529. The molecule has 0 spiro atoms. The third-order valence-electron chi connectivity index (χ3n) is 5.93. The predicted octanol–water partition coefficient (Wildman–Crippen LogP) is 1.71. The first-order valence-corrected chi connectivity index (χ1v) is 15.9. The normalized spacial score (nSPS) is 30.8. The van der Waals surface area contributed by atoms with E-state index in [9.17, 15) is 52.9 Å². The van der Waals surface area contributed by atoms with Crippen molar-refractivity contribution in [2.24, 2.45) is 5.92 Å². The number of benzene rings is 1. The molecule has 4 rings (SSSR count). The maximum atomic E-state index is 13.9. The smallest absolute Gasteiger partial charge is 0.432 e. The molecule has 1 amide bonds. The lowest BCUT2D eigenvalue weighted by molar-refractivity contribution is -0.261. The minimum Gasteiger partial charge on any atom is -0.743 e. The fourth-order valence-electron chi connectivity index (χ4n) is 4.41. The highest BCUT2D eigenvalue weighted by Crippen LogP contribution is 2.51. The molecule has 1 aromatic carbocycles. The maximum absolute atomic E-state index is 13.9. The summed E-state index contributed by atoms with van der Waals surface area (Å²) >= 11 is 5.75. The van der Waals surface area contributed by atoms with E-state index in [0.717, 1.165) is 0 Å². The van der Waals surface area contributed by atoms with Crippen molar-refractivity contribution in [1.29, 1.82) is 0 Å². The van der Waals surface area contributed by atoms with Gasteiger partial charge in [-0.2, -0.15) is 30.4 Å². The van der Waals surface area contributed by atoms with Crippen LogP contribution in [0.1, 0.15) is 10.4 Å². The van der Waals surface area contributed by atoms with Gasteiger partial charge in [0.1, 0.15) is 23.4 Å². The molecule has 2 bridgehead atoms. The fourth-order valence-corrected chi connectivity index (χ4v) is 9.10. The van der Waals surface area contributed by atoms with Gasteiger partial charge in [0.25, 0.3) is 22.1 Å². The van der Waals surface area contributed by atoms with Crippen molar-refractivity contribution in [3.8, 4) is 0 Å². The van der Waals surface area contributed by atoms with Crippen LogP contribution >= 0.6 is 67.8 Å². The number of hydrogen-bond donors (Lipinski definition) is 1. The van der Waals surface area contributed by atoms with Crippen LogP contribution in [0.4, 0.5) is 22.0 Å². The van der Waals surface area contributed by atoms with Gasteiger partial charge in [-0.05, 0) is 79.9 Å². The summed E-state index contributed by atoms with van der Waals surface area (Å²) in [5.74, 6) is -5.27. The van der Waals surface area contributed by atoms with Crippen molar-refractivity contribution in [3.63, 3.8) is 0 Å². The molecule has 3 saturated heterocycles. The number of alkyl halides is 5. The lowest BCUT2D eigenvalue weighted by Crippen LogP contribution is -2.58. The monoisotopic (exact) mass is 928 g/mol. The van der Waals surface area contributed by atoms with Crippen molar-refractivity contribution in [3.05, 3.63) is 28.4 Å². The number of carbonyl (C=O) groups is 2. The van der Waals surface area contributed by atoms with Crippen LogP contribution in [0, 0.1) is 16.6 Å². The van der Waals surface area contributed by atoms with Gasteiger partial charge in [-0.1, -0.05) is 0 Å². The Labute approximate surface area is 251 Å². The first kappa shape index (κ1) is 30.7. The second-order valence-electron chi connectivity index (χ2n) is 8.23. The lowest BCUT2D eigenvalue weighted by Gasteiger charge is -2.32. The molecule has 0 radical (unpaired) electrons. The van der Waals surface area contributed by atoms with Gasteiger partial charge >= 0.3 is 17.4 Å². The van der Waals surface area contributed by atoms with E-state index in [0.29, 0.717) is 10.7 Å². The minimum absolute atomic E-state index is 0.124. The second-order valence-corrected chi connectivity index (χ2v) is 14.9. The zero-order valence-corrected chi connectivity index (χ0v) is 25.7. The van der Waals surface area contributed by atoms with Crippen LogP contribution in [-0.2, 0) is 38.7 Å². The van der Waals surface area contributed by atoms with E-state index < -0.39 is 85.2 Å². The summed E-state index contributed by atoms with van der Waals surface area (Å²) < 4.78 is 141. The Kier molecular flexibility index (Phi) is 8.05. The molecule has 3 aliphatic rings. The van der Waals surface area contributed by atoms with Gasteiger partial charge in [-0.15, -0.1) is 0 Å². The molecule has 11 nitrogen and oxygen atoms in total. The van der Waals surface area contributed by atoms with Gasteiger partial charge in [0.05, 0.1) is 17.7 Å². The molecule has 0 aromatic heterocycles. The van der Waals surface area contributed by atoms with E-state index in [2.05, 4.69) is 10.1 Å². The van der Waals surface area contributed by atoms with Crippen LogP contribution in [0.5, 0.6) is 0 Å². The van der Waals surface area contributed by atoms with Crippen LogP contribution in [0.2, 0.25) is 0 Å². The van der Waals surface area contributed by atoms with Gasteiger partial charge < -0.3 is 19.3 Å². The number of amides is 1. The Morgan fingerprint density at radius 3 is 2.24 bits per heavy atom. The molecule has 212 valence electrons. The van der Waals surface area contributed by atoms with E-state index in [-0.39, 0.29) is 5.56 Å². The molecule has 21 heteroatoms. The average Bonchev–Trinajstić information content (AvgIpc) is 3.35. The molecule has 3 aliphatic heterocycles. The number of esters is 1. The number of ether oxygens (including phenoxy) is 2.